The lowest BCUT2D eigenvalue weighted by Gasteiger charge is -2.13. The molecule has 21 heavy (non-hydrogen) atoms. The molecule has 2 aromatic rings. The van der Waals surface area contributed by atoms with Gasteiger partial charge in [0, 0.05) is 17.9 Å². The van der Waals surface area contributed by atoms with E-state index in [2.05, 4.69) is 4.98 Å². The molecule has 1 aliphatic rings. The van der Waals surface area contributed by atoms with Crippen LogP contribution < -0.4 is 0 Å². The molecule has 0 saturated carbocycles. The smallest absolute Gasteiger partial charge is 0.313 e. The summed E-state index contributed by atoms with van der Waals surface area (Å²) in [6.07, 6.45) is 2.38. The van der Waals surface area contributed by atoms with Gasteiger partial charge < -0.3 is 9.67 Å². The molecule has 2 heterocycles. The van der Waals surface area contributed by atoms with Crippen molar-refractivity contribution < 1.29 is 14.3 Å². The average Bonchev–Trinajstić information content (AvgIpc) is 3.05. The third kappa shape index (κ3) is 3.35. The average molecular weight is 326 g/mol. The van der Waals surface area contributed by atoms with Crippen LogP contribution in [0, 0.1) is 5.82 Å². The third-order valence-electron chi connectivity index (χ3n) is 3.41. The molecule has 1 aromatic heterocycles. The first kappa shape index (κ1) is 14.7. The lowest BCUT2D eigenvalue weighted by Crippen LogP contribution is -2.11. The van der Waals surface area contributed by atoms with Crippen molar-refractivity contribution in [3.05, 3.63) is 24.0 Å². The second-order valence-electron chi connectivity index (χ2n) is 4.96. The quantitative estimate of drug-likeness (QED) is 0.855. The Morgan fingerprint density at radius 1 is 1.57 bits per heavy atom. The summed E-state index contributed by atoms with van der Waals surface area (Å²) < 4.78 is 15.4. The number of nitrogens with zero attached hydrogens (tertiary/aromatic N) is 2. The molecule has 1 aromatic carbocycles. The Kier molecular flexibility index (Phi) is 4.40. The molecule has 1 unspecified atom stereocenters. The number of imidazole rings is 1. The Balaban J connectivity index is 1.95. The number of aromatic nitrogens is 2. The van der Waals surface area contributed by atoms with Crippen molar-refractivity contribution in [1.29, 1.82) is 0 Å². The first-order valence-corrected chi connectivity index (χ1v) is 8.79. The van der Waals surface area contributed by atoms with Crippen LogP contribution in [0.1, 0.15) is 12.8 Å². The number of hydrogen-bond acceptors (Lipinski definition) is 4. The molecule has 0 amide bonds. The van der Waals surface area contributed by atoms with Crippen molar-refractivity contribution in [2.75, 3.05) is 11.5 Å². The van der Waals surface area contributed by atoms with E-state index in [1.54, 1.807) is 6.07 Å². The Hall–Kier alpha value is -1.21. The number of carboxylic acid groups (broad SMARTS) is 1. The van der Waals surface area contributed by atoms with Gasteiger partial charge in [0.1, 0.15) is 5.82 Å². The van der Waals surface area contributed by atoms with Crippen LogP contribution >= 0.6 is 23.5 Å². The zero-order valence-electron chi connectivity index (χ0n) is 11.3. The van der Waals surface area contributed by atoms with E-state index in [-0.39, 0.29) is 11.6 Å². The van der Waals surface area contributed by atoms with Crippen LogP contribution in [-0.2, 0) is 11.3 Å². The lowest BCUT2D eigenvalue weighted by atomic mass is 10.2. The summed E-state index contributed by atoms with van der Waals surface area (Å²) in [5.74, 6) is -0.0649. The van der Waals surface area contributed by atoms with Gasteiger partial charge >= 0.3 is 5.97 Å². The number of hydrogen-bond donors (Lipinski definition) is 1. The molecular weight excluding hydrogens is 311 g/mol. The lowest BCUT2D eigenvalue weighted by molar-refractivity contribution is -0.133. The fourth-order valence-corrected chi connectivity index (χ4v) is 4.48. The van der Waals surface area contributed by atoms with Gasteiger partial charge in [-0.05, 0) is 30.7 Å². The molecule has 1 aliphatic heterocycles. The van der Waals surface area contributed by atoms with Gasteiger partial charge in [0.15, 0.2) is 5.16 Å². The van der Waals surface area contributed by atoms with E-state index in [1.165, 1.54) is 36.1 Å². The van der Waals surface area contributed by atoms with Crippen molar-refractivity contribution in [3.63, 3.8) is 0 Å². The second kappa shape index (κ2) is 6.27. The molecule has 0 radical (unpaired) electrons. The minimum Gasteiger partial charge on any atom is -0.481 e. The minimum absolute atomic E-state index is 0.0381. The number of carboxylic acids is 1. The zero-order chi connectivity index (χ0) is 14.8. The maximum atomic E-state index is 13.3. The molecule has 3 rings (SSSR count). The minimum atomic E-state index is -0.875. The fraction of sp³-hybridized carbons (Fsp3) is 0.429. The summed E-state index contributed by atoms with van der Waals surface area (Å²) in [7, 11) is 0. The van der Waals surface area contributed by atoms with E-state index in [0.29, 0.717) is 15.9 Å². The van der Waals surface area contributed by atoms with Crippen LogP contribution in [0.4, 0.5) is 4.39 Å². The van der Waals surface area contributed by atoms with Gasteiger partial charge in [0.05, 0.1) is 16.8 Å². The summed E-state index contributed by atoms with van der Waals surface area (Å²) in [6.45, 7) is 0.800. The molecule has 7 heteroatoms. The highest BCUT2D eigenvalue weighted by molar-refractivity contribution is 8.00. The molecule has 4 nitrogen and oxygen atoms in total. The number of carbonyl (C=O) groups is 1. The van der Waals surface area contributed by atoms with Crippen molar-refractivity contribution in [2.24, 2.45) is 0 Å². The van der Waals surface area contributed by atoms with E-state index < -0.39 is 5.97 Å². The highest BCUT2D eigenvalue weighted by Crippen LogP contribution is 2.31. The Labute approximate surface area is 130 Å². The first-order chi connectivity index (χ1) is 10.1. The molecule has 0 bridgehead atoms. The van der Waals surface area contributed by atoms with E-state index in [4.69, 9.17) is 5.11 Å². The number of benzene rings is 1. The predicted octanol–water partition coefficient (Wildman–Crippen LogP) is 3.25. The molecule has 1 N–H and O–H groups in total. The van der Waals surface area contributed by atoms with Gasteiger partial charge in [-0.15, -0.1) is 0 Å². The second-order valence-corrected chi connectivity index (χ2v) is 7.31. The maximum Gasteiger partial charge on any atom is 0.313 e. The highest BCUT2D eigenvalue weighted by Gasteiger charge is 2.20. The van der Waals surface area contributed by atoms with E-state index in [0.717, 1.165) is 18.5 Å². The summed E-state index contributed by atoms with van der Waals surface area (Å²) in [5, 5.41) is 10.0. The van der Waals surface area contributed by atoms with Crippen LogP contribution in [0.25, 0.3) is 11.0 Å². The molecular formula is C14H15FN2O2S2. The largest absolute Gasteiger partial charge is 0.481 e. The fourth-order valence-electron chi connectivity index (χ4n) is 2.49. The van der Waals surface area contributed by atoms with Gasteiger partial charge in [-0.1, -0.05) is 11.8 Å². The molecule has 1 atom stereocenters. The van der Waals surface area contributed by atoms with E-state index in [9.17, 15) is 9.18 Å². The number of halogens is 1. The summed E-state index contributed by atoms with van der Waals surface area (Å²) >= 11 is 3.13. The van der Waals surface area contributed by atoms with Crippen LogP contribution in [0.15, 0.2) is 23.4 Å². The van der Waals surface area contributed by atoms with Crippen LogP contribution in [-0.4, -0.2) is 37.4 Å². The van der Waals surface area contributed by atoms with Gasteiger partial charge in [-0.3, -0.25) is 4.79 Å². The number of fused-ring (bicyclic) bond motifs is 1. The van der Waals surface area contributed by atoms with Gasteiger partial charge in [-0.2, -0.15) is 11.8 Å². The number of thioether (sulfide) groups is 2. The van der Waals surface area contributed by atoms with Crippen molar-refractivity contribution >= 4 is 40.5 Å². The first-order valence-electron chi connectivity index (χ1n) is 6.75. The Morgan fingerprint density at radius 2 is 2.43 bits per heavy atom. The molecule has 1 saturated heterocycles. The van der Waals surface area contributed by atoms with Crippen LogP contribution in [0.3, 0.4) is 0 Å². The predicted molar refractivity (Wildman–Crippen MR) is 83.5 cm³/mol. The van der Waals surface area contributed by atoms with E-state index >= 15 is 0 Å². The Bertz CT molecular complexity index is 668. The Morgan fingerprint density at radius 3 is 3.14 bits per heavy atom. The highest BCUT2D eigenvalue weighted by atomic mass is 32.2. The van der Waals surface area contributed by atoms with Crippen molar-refractivity contribution in [3.8, 4) is 0 Å². The SMILES string of the molecule is O=C(O)CSc1nc2cc(F)ccc2n1CC1CCCS1. The van der Waals surface area contributed by atoms with E-state index in [1.807, 2.05) is 16.3 Å². The van der Waals surface area contributed by atoms with Crippen molar-refractivity contribution in [1.82, 2.24) is 9.55 Å². The maximum absolute atomic E-state index is 13.3. The van der Waals surface area contributed by atoms with Gasteiger partial charge in [0.25, 0.3) is 0 Å². The van der Waals surface area contributed by atoms with Crippen LogP contribution in [0.5, 0.6) is 0 Å². The molecule has 0 spiro atoms. The number of rotatable bonds is 5. The zero-order valence-corrected chi connectivity index (χ0v) is 12.9. The molecule has 1 fully saturated rings. The summed E-state index contributed by atoms with van der Waals surface area (Å²) in [4.78, 5) is 15.2. The monoisotopic (exact) mass is 326 g/mol. The normalized spacial score (nSPS) is 18.4. The summed E-state index contributed by atoms with van der Waals surface area (Å²) in [5.41, 5.74) is 1.46. The van der Waals surface area contributed by atoms with Gasteiger partial charge in [-0.25, -0.2) is 9.37 Å². The summed E-state index contributed by atoms with van der Waals surface area (Å²) in [6, 6.07) is 4.55. The molecule has 0 aliphatic carbocycles. The van der Waals surface area contributed by atoms with Gasteiger partial charge in [0.2, 0.25) is 0 Å². The standard InChI is InChI=1S/C14H15FN2O2S2/c15-9-3-4-12-11(6-9)16-14(21-8-13(18)19)17(12)7-10-2-1-5-20-10/h3-4,6,10H,1-2,5,7-8H2,(H,18,19). The third-order valence-corrected chi connectivity index (χ3v) is 5.75. The van der Waals surface area contributed by atoms with Crippen LogP contribution in [0.2, 0.25) is 0 Å². The molecule has 112 valence electrons. The van der Waals surface area contributed by atoms with Crippen molar-refractivity contribution in [2.45, 2.75) is 29.8 Å². The number of aliphatic carboxylic acids is 1. The topological polar surface area (TPSA) is 55.1 Å².